The van der Waals surface area contributed by atoms with Crippen molar-refractivity contribution in [2.75, 3.05) is 0 Å². The molecule has 0 saturated heterocycles. The summed E-state index contributed by atoms with van der Waals surface area (Å²) in [6.45, 7) is 2.26. The van der Waals surface area contributed by atoms with Crippen molar-refractivity contribution in [1.29, 1.82) is 0 Å². The first-order chi connectivity index (χ1) is 25.8. The Morgan fingerprint density at radius 3 is 2.23 bits per heavy atom. The van der Waals surface area contributed by atoms with Crippen molar-refractivity contribution in [3.8, 4) is 11.4 Å². The molecule has 3 heterocycles. The van der Waals surface area contributed by atoms with E-state index in [1.165, 1.54) is 93.6 Å². The zero-order valence-corrected chi connectivity index (χ0v) is 29.4. The summed E-state index contributed by atoms with van der Waals surface area (Å²) in [5.74, 6) is 0.196. The van der Waals surface area contributed by atoms with Crippen molar-refractivity contribution in [1.82, 2.24) is 13.7 Å². The van der Waals surface area contributed by atoms with E-state index in [9.17, 15) is 0 Å². The zero-order valence-electron chi connectivity index (χ0n) is 29.4. The van der Waals surface area contributed by atoms with Crippen LogP contribution in [0.2, 0.25) is 0 Å². The third kappa shape index (κ3) is 4.20. The lowest BCUT2D eigenvalue weighted by molar-refractivity contribution is 0.791. The number of para-hydroxylation sites is 4. The molecule has 0 aliphatic heterocycles. The van der Waals surface area contributed by atoms with Crippen molar-refractivity contribution in [3.63, 3.8) is 0 Å². The average molecular weight is 670 g/mol. The van der Waals surface area contributed by atoms with Gasteiger partial charge in [0.15, 0.2) is 0 Å². The third-order valence-electron chi connectivity index (χ3n) is 11.8. The summed E-state index contributed by atoms with van der Waals surface area (Å²) in [6.07, 6.45) is 19.8. The summed E-state index contributed by atoms with van der Waals surface area (Å²) in [5.41, 5.74) is 14.4. The summed E-state index contributed by atoms with van der Waals surface area (Å²) in [6, 6.07) is 42.8. The molecule has 3 aliphatic rings. The fourth-order valence-electron chi connectivity index (χ4n) is 9.61. The van der Waals surface area contributed by atoms with Gasteiger partial charge in [-0.3, -0.25) is 0 Å². The molecule has 250 valence electrons. The van der Waals surface area contributed by atoms with E-state index in [1.807, 2.05) is 0 Å². The van der Waals surface area contributed by atoms with Crippen molar-refractivity contribution in [2.24, 2.45) is 0 Å². The van der Waals surface area contributed by atoms with E-state index in [1.54, 1.807) is 0 Å². The molecule has 0 fully saturated rings. The van der Waals surface area contributed by atoms with Crippen molar-refractivity contribution in [2.45, 2.75) is 44.9 Å². The Bertz CT molecular complexity index is 2990. The van der Waals surface area contributed by atoms with Gasteiger partial charge in [0.05, 0.1) is 22.1 Å². The highest BCUT2D eigenvalue weighted by molar-refractivity contribution is 6.20. The van der Waals surface area contributed by atoms with Gasteiger partial charge in [0.1, 0.15) is 0 Å². The van der Waals surface area contributed by atoms with Crippen LogP contribution in [-0.4, -0.2) is 13.7 Å². The Morgan fingerprint density at radius 1 is 0.596 bits per heavy atom. The Hall–Kier alpha value is -6.06. The van der Waals surface area contributed by atoms with Crippen molar-refractivity contribution < 1.29 is 0 Å². The molecule has 8 aromatic rings. The van der Waals surface area contributed by atoms with Crippen LogP contribution in [-0.2, 0) is 6.42 Å². The van der Waals surface area contributed by atoms with E-state index in [4.69, 9.17) is 0 Å². The van der Waals surface area contributed by atoms with Gasteiger partial charge in [0.25, 0.3) is 0 Å². The molecule has 3 aromatic heterocycles. The molecule has 1 atom stereocenters. The second-order valence-electron chi connectivity index (χ2n) is 14.7. The topological polar surface area (TPSA) is 14.8 Å². The van der Waals surface area contributed by atoms with Crippen LogP contribution in [0.4, 0.5) is 0 Å². The maximum Gasteiger partial charge on any atom is 0.0641 e. The van der Waals surface area contributed by atoms with E-state index in [-0.39, 0.29) is 5.92 Å². The van der Waals surface area contributed by atoms with Gasteiger partial charge in [-0.15, -0.1) is 0 Å². The SMILES string of the molecule is CC1=CCC(c2ccccc2-n2c3c(c4c2ccc2c5ccccc5n(-c5ccccc5)c24)C=CCC3)C(n2c3c(c4ccccc42)=CCCC=3)=C1. The first kappa shape index (κ1) is 29.6. The van der Waals surface area contributed by atoms with Gasteiger partial charge in [0, 0.05) is 66.4 Å². The second kappa shape index (κ2) is 11.5. The molecule has 0 N–H and O–H groups in total. The second-order valence-corrected chi connectivity index (χ2v) is 14.7. The van der Waals surface area contributed by atoms with Crippen LogP contribution < -0.4 is 10.6 Å². The van der Waals surface area contributed by atoms with Crippen LogP contribution in [0.5, 0.6) is 0 Å². The van der Waals surface area contributed by atoms with Crippen LogP contribution in [0.1, 0.15) is 55.3 Å². The fourth-order valence-corrected chi connectivity index (χ4v) is 9.61. The number of aromatic nitrogens is 3. The monoisotopic (exact) mass is 669 g/mol. The van der Waals surface area contributed by atoms with Crippen LogP contribution in [0.25, 0.3) is 78.9 Å². The summed E-state index contributed by atoms with van der Waals surface area (Å²) in [7, 11) is 0. The summed E-state index contributed by atoms with van der Waals surface area (Å²) >= 11 is 0. The normalized spacial score (nSPS) is 16.8. The minimum absolute atomic E-state index is 0.196. The molecule has 0 radical (unpaired) electrons. The van der Waals surface area contributed by atoms with Gasteiger partial charge in [-0.05, 0) is 87.1 Å². The first-order valence-corrected chi connectivity index (χ1v) is 18.9. The highest BCUT2D eigenvalue weighted by Crippen LogP contribution is 2.45. The quantitative estimate of drug-likeness (QED) is 0.177. The highest BCUT2D eigenvalue weighted by Gasteiger charge is 2.29. The van der Waals surface area contributed by atoms with Gasteiger partial charge in [-0.25, -0.2) is 0 Å². The number of rotatable bonds is 4. The molecule has 0 bridgehead atoms. The number of benzene rings is 5. The average Bonchev–Trinajstić information content (AvgIpc) is 3.84. The summed E-state index contributed by atoms with van der Waals surface area (Å²) < 4.78 is 7.71. The smallest absolute Gasteiger partial charge is 0.0641 e. The lowest BCUT2D eigenvalue weighted by Gasteiger charge is -2.28. The Morgan fingerprint density at radius 2 is 1.35 bits per heavy atom. The van der Waals surface area contributed by atoms with Crippen LogP contribution in [0, 0.1) is 0 Å². The van der Waals surface area contributed by atoms with Crippen LogP contribution >= 0.6 is 0 Å². The minimum atomic E-state index is 0.196. The maximum absolute atomic E-state index is 2.63. The summed E-state index contributed by atoms with van der Waals surface area (Å²) in [5, 5.41) is 8.01. The van der Waals surface area contributed by atoms with Gasteiger partial charge in [-0.2, -0.15) is 0 Å². The summed E-state index contributed by atoms with van der Waals surface area (Å²) in [4.78, 5) is 0. The lowest BCUT2D eigenvalue weighted by atomic mass is 9.85. The van der Waals surface area contributed by atoms with Crippen LogP contribution in [0.15, 0.2) is 139 Å². The molecule has 0 amide bonds. The highest BCUT2D eigenvalue weighted by atomic mass is 15.0. The zero-order chi connectivity index (χ0) is 34.3. The number of fused-ring (bicyclic) bond motifs is 10. The van der Waals surface area contributed by atoms with E-state index in [2.05, 4.69) is 172 Å². The van der Waals surface area contributed by atoms with E-state index < -0.39 is 0 Å². The largest absolute Gasteiger partial charge is 0.313 e. The predicted molar refractivity (Wildman–Crippen MR) is 220 cm³/mol. The number of allylic oxidation sites excluding steroid dienone is 5. The molecule has 11 rings (SSSR count). The lowest BCUT2D eigenvalue weighted by Crippen LogP contribution is -2.32. The minimum Gasteiger partial charge on any atom is -0.313 e. The molecule has 0 saturated carbocycles. The number of hydrogen-bond acceptors (Lipinski definition) is 0. The molecule has 3 nitrogen and oxygen atoms in total. The first-order valence-electron chi connectivity index (χ1n) is 18.9. The number of nitrogens with zero attached hydrogens (tertiary/aromatic N) is 3. The Kier molecular flexibility index (Phi) is 6.55. The van der Waals surface area contributed by atoms with Gasteiger partial charge >= 0.3 is 0 Å². The molecule has 52 heavy (non-hydrogen) atoms. The number of hydrogen-bond donors (Lipinski definition) is 0. The van der Waals surface area contributed by atoms with E-state index >= 15 is 0 Å². The standard InChI is InChI=1S/C49H39N3/c1-32-27-28-38(47(31-32)52-43-24-12-5-17-34(43)35-18-6-13-25-44(35)52)36-19-7-11-23-42(36)51-45-26-14-9-21-40(45)48-46(51)30-29-39-37-20-8-10-22-41(37)50(49(39)48)33-15-3-2-4-16-33/h2-5,7-12,15-25,27,29-31,38H,6,13-14,26,28H2,1H3. The van der Waals surface area contributed by atoms with Crippen molar-refractivity contribution in [3.05, 3.63) is 166 Å². The molecule has 0 spiro atoms. The predicted octanol–water partition coefficient (Wildman–Crippen LogP) is 11.0. The Balaban J connectivity index is 1.20. The molecule has 3 aliphatic carbocycles. The third-order valence-corrected chi connectivity index (χ3v) is 11.8. The Labute approximate surface area is 303 Å². The van der Waals surface area contributed by atoms with Gasteiger partial charge in [0.2, 0.25) is 0 Å². The van der Waals surface area contributed by atoms with E-state index in [0.717, 1.165) is 32.1 Å². The van der Waals surface area contributed by atoms with Gasteiger partial charge < -0.3 is 13.7 Å². The van der Waals surface area contributed by atoms with Crippen molar-refractivity contribution >= 4 is 67.5 Å². The van der Waals surface area contributed by atoms with Crippen LogP contribution in [0.3, 0.4) is 0 Å². The molecular weight excluding hydrogens is 631 g/mol. The molecular formula is C49H39N3. The molecule has 1 unspecified atom stereocenters. The fraction of sp³-hybridized carbons (Fsp3) is 0.143. The molecule has 3 heteroatoms. The van der Waals surface area contributed by atoms with Gasteiger partial charge in [-0.1, -0.05) is 115 Å². The van der Waals surface area contributed by atoms with E-state index in [0.29, 0.717) is 0 Å². The molecule has 5 aromatic carbocycles. The maximum atomic E-state index is 2.63.